The Labute approximate surface area is 118 Å². The minimum atomic E-state index is 0.719. The second kappa shape index (κ2) is 5.65. The standard InChI is InChI=1S/C13H12Br2N2/c1-9-3-2-4-11(17-9)8-16-13-7-10(14)5-6-12(13)15/h2-7,16H,8H2,1H3. The van der Waals surface area contributed by atoms with Gasteiger partial charge in [0.1, 0.15) is 0 Å². The van der Waals surface area contributed by atoms with E-state index in [1.165, 1.54) is 0 Å². The number of rotatable bonds is 3. The zero-order valence-corrected chi connectivity index (χ0v) is 12.5. The maximum absolute atomic E-state index is 4.45. The van der Waals surface area contributed by atoms with Crippen molar-refractivity contribution in [2.24, 2.45) is 0 Å². The van der Waals surface area contributed by atoms with Crippen LogP contribution in [0.1, 0.15) is 11.4 Å². The van der Waals surface area contributed by atoms with Crippen LogP contribution in [0, 0.1) is 6.92 Å². The second-order valence-electron chi connectivity index (χ2n) is 3.75. The molecule has 2 aromatic rings. The van der Waals surface area contributed by atoms with Gasteiger partial charge in [-0.1, -0.05) is 22.0 Å². The average Bonchev–Trinajstić information content (AvgIpc) is 2.30. The first-order valence-corrected chi connectivity index (χ1v) is 6.85. The van der Waals surface area contributed by atoms with Gasteiger partial charge in [0.15, 0.2) is 0 Å². The van der Waals surface area contributed by atoms with Gasteiger partial charge in [0.25, 0.3) is 0 Å². The number of halogens is 2. The number of hydrogen-bond acceptors (Lipinski definition) is 2. The first-order chi connectivity index (χ1) is 8.15. The highest BCUT2D eigenvalue weighted by Crippen LogP contribution is 2.26. The summed E-state index contributed by atoms with van der Waals surface area (Å²) >= 11 is 6.97. The van der Waals surface area contributed by atoms with Gasteiger partial charge in [-0.05, 0) is 53.2 Å². The van der Waals surface area contributed by atoms with Crippen LogP contribution >= 0.6 is 31.9 Å². The van der Waals surface area contributed by atoms with Crippen LogP contribution in [0.25, 0.3) is 0 Å². The lowest BCUT2D eigenvalue weighted by Gasteiger charge is -2.09. The molecule has 0 aliphatic rings. The van der Waals surface area contributed by atoms with Crippen LogP contribution in [0.2, 0.25) is 0 Å². The topological polar surface area (TPSA) is 24.9 Å². The summed E-state index contributed by atoms with van der Waals surface area (Å²) in [6.07, 6.45) is 0. The van der Waals surface area contributed by atoms with Gasteiger partial charge >= 0.3 is 0 Å². The summed E-state index contributed by atoms with van der Waals surface area (Å²) in [5, 5.41) is 3.36. The van der Waals surface area contributed by atoms with Crippen molar-refractivity contribution >= 4 is 37.5 Å². The lowest BCUT2D eigenvalue weighted by molar-refractivity contribution is 1.01. The minimum absolute atomic E-state index is 0.719. The van der Waals surface area contributed by atoms with Crippen molar-refractivity contribution in [2.75, 3.05) is 5.32 Å². The van der Waals surface area contributed by atoms with E-state index in [2.05, 4.69) is 42.2 Å². The molecule has 1 N–H and O–H groups in total. The third-order valence-corrected chi connectivity index (χ3v) is 3.52. The molecule has 0 aliphatic carbocycles. The molecule has 0 saturated carbocycles. The summed E-state index contributed by atoms with van der Waals surface area (Å²) in [5.41, 5.74) is 3.14. The van der Waals surface area contributed by atoms with Crippen LogP contribution in [0.3, 0.4) is 0 Å². The molecule has 0 unspecified atom stereocenters. The maximum atomic E-state index is 4.45. The summed E-state index contributed by atoms with van der Waals surface area (Å²) in [5.74, 6) is 0. The van der Waals surface area contributed by atoms with E-state index >= 15 is 0 Å². The normalized spacial score (nSPS) is 10.3. The zero-order chi connectivity index (χ0) is 12.3. The van der Waals surface area contributed by atoms with E-state index in [1.54, 1.807) is 0 Å². The number of nitrogens with one attached hydrogen (secondary N) is 1. The fourth-order valence-corrected chi connectivity index (χ4v) is 2.26. The zero-order valence-electron chi connectivity index (χ0n) is 9.37. The average molecular weight is 356 g/mol. The summed E-state index contributed by atoms with van der Waals surface area (Å²) in [4.78, 5) is 4.45. The molecular formula is C13H12Br2N2. The second-order valence-corrected chi connectivity index (χ2v) is 5.52. The molecule has 0 fully saturated rings. The molecule has 1 heterocycles. The highest BCUT2D eigenvalue weighted by Gasteiger charge is 2.01. The van der Waals surface area contributed by atoms with Gasteiger partial charge in [0, 0.05) is 20.3 Å². The van der Waals surface area contributed by atoms with Crippen molar-refractivity contribution in [2.45, 2.75) is 13.5 Å². The lowest BCUT2D eigenvalue weighted by Crippen LogP contribution is -2.02. The van der Waals surface area contributed by atoms with E-state index in [0.29, 0.717) is 0 Å². The van der Waals surface area contributed by atoms with E-state index in [0.717, 1.165) is 32.6 Å². The van der Waals surface area contributed by atoms with E-state index in [4.69, 9.17) is 0 Å². The summed E-state index contributed by atoms with van der Waals surface area (Å²) in [6.45, 7) is 2.72. The molecule has 4 heteroatoms. The fourth-order valence-electron chi connectivity index (χ4n) is 1.52. The summed E-state index contributed by atoms with van der Waals surface area (Å²) < 4.78 is 2.11. The Morgan fingerprint density at radius 1 is 1.18 bits per heavy atom. The number of nitrogens with zero attached hydrogens (tertiary/aromatic N) is 1. The Hall–Kier alpha value is -0.870. The number of pyridine rings is 1. The number of anilines is 1. The van der Waals surface area contributed by atoms with Crippen LogP contribution in [0.15, 0.2) is 45.3 Å². The molecule has 1 aromatic carbocycles. The SMILES string of the molecule is Cc1cccc(CNc2cc(Br)ccc2Br)n1. The number of hydrogen-bond donors (Lipinski definition) is 1. The van der Waals surface area contributed by atoms with Crippen LogP contribution in [-0.2, 0) is 6.54 Å². The highest BCUT2D eigenvalue weighted by molar-refractivity contribution is 9.11. The molecule has 0 aliphatic heterocycles. The van der Waals surface area contributed by atoms with Crippen molar-refractivity contribution in [3.05, 3.63) is 56.7 Å². The molecular weight excluding hydrogens is 344 g/mol. The van der Waals surface area contributed by atoms with Gasteiger partial charge in [-0.3, -0.25) is 4.98 Å². The predicted molar refractivity (Wildman–Crippen MR) is 78.1 cm³/mol. The summed E-state index contributed by atoms with van der Waals surface area (Å²) in [6, 6.07) is 12.1. The van der Waals surface area contributed by atoms with Gasteiger partial charge in [-0.2, -0.15) is 0 Å². The van der Waals surface area contributed by atoms with E-state index in [-0.39, 0.29) is 0 Å². The van der Waals surface area contributed by atoms with Crippen molar-refractivity contribution in [1.29, 1.82) is 0 Å². The van der Waals surface area contributed by atoms with E-state index in [1.807, 2.05) is 43.3 Å². The molecule has 1 aromatic heterocycles. The van der Waals surface area contributed by atoms with E-state index in [9.17, 15) is 0 Å². The Morgan fingerprint density at radius 3 is 2.76 bits per heavy atom. The van der Waals surface area contributed by atoms with E-state index < -0.39 is 0 Å². The van der Waals surface area contributed by atoms with Crippen molar-refractivity contribution < 1.29 is 0 Å². The minimum Gasteiger partial charge on any atom is -0.378 e. The first kappa shape index (κ1) is 12.6. The molecule has 17 heavy (non-hydrogen) atoms. The number of benzene rings is 1. The monoisotopic (exact) mass is 354 g/mol. The molecule has 2 rings (SSSR count). The Balaban J connectivity index is 2.09. The smallest absolute Gasteiger partial charge is 0.0597 e. The van der Waals surface area contributed by atoms with Crippen molar-refractivity contribution in [3.8, 4) is 0 Å². The molecule has 0 spiro atoms. The lowest BCUT2D eigenvalue weighted by atomic mass is 10.3. The van der Waals surface area contributed by atoms with Crippen LogP contribution in [0.4, 0.5) is 5.69 Å². The van der Waals surface area contributed by atoms with Crippen LogP contribution < -0.4 is 5.32 Å². The van der Waals surface area contributed by atoms with Gasteiger partial charge in [-0.25, -0.2) is 0 Å². The Kier molecular flexibility index (Phi) is 4.18. The molecule has 0 bridgehead atoms. The summed E-state index contributed by atoms with van der Waals surface area (Å²) in [7, 11) is 0. The fraction of sp³-hybridized carbons (Fsp3) is 0.154. The highest BCUT2D eigenvalue weighted by atomic mass is 79.9. The Morgan fingerprint density at radius 2 is 2.00 bits per heavy atom. The van der Waals surface area contributed by atoms with Gasteiger partial charge in [-0.15, -0.1) is 0 Å². The molecule has 88 valence electrons. The Bertz CT molecular complexity index is 527. The molecule has 0 amide bonds. The number of aryl methyl sites for hydroxylation is 1. The van der Waals surface area contributed by atoms with Crippen molar-refractivity contribution in [1.82, 2.24) is 4.98 Å². The van der Waals surface area contributed by atoms with Crippen LogP contribution in [-0.4, -0.2) is 4.98 Å². The quantitative estimate of drug-likeness (QED) is 0.875. The number of aromatic nitrogens is 1. The first-order valence-electron chi connectivity index (χ1n) is 5.26. The van der Waals surface area contributed by atoms with Crippen molar-refractivity contribution in [3.63, 3.8) is 0 Å². The largest absolute Gasteiger partial charge is 0.378 e. The molecule has 0 atom stereocenters. The van der Waals surface area contributed by atoms with Crippen LogP contribution in [0.5, 0.6) is 0 Å². The maximum Gasteiger partial charge on any atom is 0.0597 e. The van der Waals surface area contributed by atoms with Gasteiger partial charge < -0.3 is 5.32 Å². The third kappa shape index (κ3) is 3.54. The molecule has 0 radical (unpaired) electrons. The molecule has 2 nitrogen and oxygen atoms in total. The predicted octanol–water partition coefficient (Wildman–Crippen LogP) is 4.53. The van der Waals surface area contributed by atoms with Gasteiger partial charge in [0.2, 0.25) is 0 Å². The van der Waals surface area contributed by atoms with Gasteiger partial charge in [0.05, 0.1) is 12.2 Å². The third-order valence-electron chi connectivity index (χ3n) is 2.33. The molecule has 0 saturated heterocycles.